The van der Waals surface area contributed by atoms with Crippen molar-refractivity contribution in [1.82, 2.24) is 0 Å². The van der Waals surface area contributed by atoms with Gasteiger partial charge in [0.1, 0.15) is 0 Å². The molecule has 0 saturated carbocycles. The first-order chi connectivity index (χ1) is 7.42. The molecule has 0 aliphatic carbocycles. The summed E-state index contributed by atoms with van der Waals surface area (Å²) >= 11 is 0. The molecule has 2 aromatic rings. The van der Waals surface area contributed by atoms with Gasteiger partial charge in [0.05, 0.1) is 11.4 Å². The van der Waals surface area contributed by atoms with Crippen LogP contribution >= 0.6 is 0 Å². The predicted octanol–water partition coefficient (Wildman–Crippen LogP) is 3.42. The molecule has 1 nitrogen and oxygen atoms in total. The minimum absolute atomic E-state index is 1.01. The van der Waals surface area contributed by atoms with E-state index in [4.69, 9.17) is 6.42 Å². The van der Waals surface area contributed by atoms with E-state index in [9.17, 15) is 0 Å². The fourth-order valence-electron chi connectivity index (χ4n) is 1.45. The van der Waals surface area contributed by atoms with Gasteiger partial charge in [-0.15, -0.1) is 0 Å². The lowest BCUT2D eigenvalue weighted by atomic mass is 10.2. The number of para-hydroxylation sites is 2. The summed E-state index contributed by atoms with van der Waals surface area (Å²) in [6.45, 7) is 0. The monoisotopic (exact) mass is 193 g/mol. The maximum atomic E-state index is 5.51. The molecule has 0 N–H and O–H groups in total. The maximum Gasteiger partial charge on any atom is 0.0545 e. The van der Waals surface area contributed by atoms with Gasteiger partial charge in [-0.05, 0) is 24.3 Å². The number of nitrogens with zero attached hydrogens (tertiary/aromatic N) is 1. The van der Waals surface area contributed by atoms with Crippen molar-refractivity contribution < 1.29 is 0 Å². The van der Waals surface area contributed by atoms with E-state index in [0.29, 0.717) is 0 Å². The Morgan fingerprint density at radius 3 is 1.47 bits per heavy atom. The number of hydrogen-bond donors (Lipinski definition) is 0. The Kier molecular flexibility index (Phi) is 2.71. The van der Waals surface area contributed by atoms with Gasteiger partial charge in [-0.3, -0.25) is 4.90 Å². The summed E-state index contributed by atoms with van der Waals surface area (Å²) in [5.41, 5.74) is 2.01. The third kappa shape index (κ3) is 2.00. The van der Waals surface area contributed by atoms with Crippen LogP contribution in [-0.2, 0) is 0 Å². The minimum Gasteiger partial charge on any atom is -0.270 e. The first kappa shape index (κ1) is 9.36. The highest BCUT2D eigenvalue weighted by atomic mass is 15.1. The van der Waals surface area contributed by atoms with Crippen molar-refractivity contribution in [1.29, 1.82) is 0 Å². The molecule has 0 aliphatic heterocycles. The zero-order chi connectivity index (χ0) is 10.5. The summed E-state index contributed by atoms with van der Waals surface area (Å²) in [6.07, 6.45) is 5.51. The predicted molar refractivity (Wildman–Crippen MR) is 63.9 cm³/mol. The molecule has 0 bridgehead atoms. The van der Waals surface area contributed by atoms with E-state index in [1.165, 1.54) is 0 Å². The van der Waals surface area contributed by atoms with Crippen molar-refractivity contribution in [2.75, 3.05) is 4.90 Å². The van der Waals surface area contributed by atoms with Gasteiger partial charge in [0.2, 0.25) is 0 Å². The van der Waals surface area contributed by atoms with Crippen LogP contribution in [0.15, 0.2) is 60.7 Å². The van der Waals surface area contributed by atoms with Gasteiger partial charge in [0.25, 0.3) is 0 Å². The highest BCUT2D eigenvalue weighted by Crippen LogP contribution is 2.23. The molecule has 0 radical (unpaired) electrons. The van der Waals surface area contributed by atoms with E-state index in [1.807, 2.05) is 65.6 Å². The molecule has 0 unspecified atom stereocenters. The number of rotatable bonds is 2. The van der Waals surface area contributed by atoms with Crippen molar-refractivity contribution in [3.05, 3.63) is 60.7 Å². The van der Waals surface area contributed by atoms with Crippen molar-refractivity contribution in [3.8, 4) is 12.5 Å². The lowest BCUT2D eigenvalue weighted by Gasteiger charge is -2.17. The largest absolute Gasteiger partial charge is 0.270 e. The van der Waals surface area contributed by atoms with Crippen molar-refractivity contribution in [3.63, 3.8) is 0 Å². The highest BCUT2D eigenvalue weighted by molar-refractivity contribution is 5.67. The third-order valence-corrected chi connectivity index (χ3v) is 2.16. The Morgan fingerprint density at radius 1 is 0.733 bits per heavy atom. The van der Waals surface area contributed by atoms with Crippen LogP contribution in [0.2, 0.25) is 0 Å². The maximum absolute atomic E-state index is 5.51. The minimum atomic E-state index is 1.01. The summed E-state index contributed by atoms with van der Waals surface area (Å²) in [4.78, 5) is 1.82. The Morgan fingerprint density at radius 2 is 1.13 bits per heavy atom. The average molecular weight is 193 g/mol. The van der Waals surface area contributed by atoms with Crippen molar-refractivity contribution in [2.24, 2.45) is 0 Å². The Balaban J connectivity index is 2.39. The quantitative estimate of drug-likeness (QED) is 0.522. The molecule has 2 rings (SSSR count). The smallest absolute Gasteiger partial charge is 0.0545 e. The van der Waals surface area contributed by atoms with Crippen LogP contribution in [-0.4, -0.2) is 0 Å². The summed E-state index contributed by atoms with van der Waals surface area (Å²) in [6, 6.07) is 22.5. The fraction of sp³-hybridized carbons (Fsp3) is 0. The number of terminal acetylenes is 1. The van der Waals surface area contributed by atoms with Crippen LogP contribution in [0.5, 0.6) is 0 Å². The Bertz CT molecular complexity index is 414. The van der Waals surface area contributed by atoms with Crippen LogP contribution < -0.4 is 4.90 Å². The Labute approximate surface area is 90.0 Å². The average Bonchev–Trinajstić information content (AvgIpc) is 2.33. The van der Waals surface area contributed by atoms with Gasteiger partial charge >= 0.3 is 0 Å². The molecule has 0 heterocycles. The van der Waals surface area contributed by atoms with Gasteiger partial charge in [-0.25, -0.2) is 0 Å². The topological polar surface area (TPSA) is 3.24 Å². The fourth-order valence-corrected chi connectivity index (χ4v) is 1.45. The summed E-state index contributed by atoms with van der Waals surface area (Å²) in [5.74, 6) is 0. The van der Waals surface area contributed by atoms with Crippen molar-refractivity contribution >= 4 is 11.4 Å². The normalized spacial score (nSPS) is 9.27. The van der Waals surface area contributed by atoms with Gasteiger partial charge in [-0.2, -0.15) is 0 Å². The molecule has 72 valence electrons. The Hall–Kier alpha value is -2.20. The van der Waals surface area contributed by atoms with E-state index in [2.05, 4.69) is 6.04 Å². The zero-order valence-corrected chi connectivity index (χ0v) is 8.30. The molecule has 0 aliphatic rings. The third-order valence-electron chi connectivity index (χ3n) is 2.16. The van der Waals surface area contributed by atoms with Gasteiger partial charge in [-0.1, -0.05) is 42.8 Å². The van der Waals surface area contributed by atoms with E-state index < -0.39 is 0 Å². The number of benzene rings is 2. The lowest BCUT2D eigenvalue weighted by molar-refractivity contribution is 1.33. The molecule has 0 amide bonds. The second kappa shape index (κ2) is 4.34. The standard InChI is InChI=1S/C14H11N/c1-2-15(13-9-5-3-6-10-13)14-11-7-4-8-12-14/h1,3-12H. The molecule has 0 saturated heterocycles. The number of hydrogen-bond acceptors (Lipinski definition) is 1. The molecule has 15 heavy (non-hydrogen) atoms. The molecule has 1 heteroatoms. The summed E-state index contributed by atoms with van der Waals surface area (Å²) < 4.78 is 0. The van der Waals surface area contributed by atoms with Gasteiger partial charge < -0.3 is 0 Å². The second-order valence-corrected chi connectivity index (χ2v) is 3.14. The van der Waals surface area contributed by atoms with Crippen LogP contribution in [0, 0.1) is 12.5 Å². The molecule has 0 atom stereocenters. The van der Waals surface area contributed by atoms with Crippen LogP contribution in [0.3, 0.4) is 0 Å². The molecule has 0 spiro atoms. The molecule has 0 fully saturated rings. The first-order valence-electron chi connectivity index (χ1n) is 4.78. The van der Waals surface area contributed by atoms with E-state index in [-0.39, 0.29) is 0 Å². The number of anilines is 2. The SMILES string of the molecule is C#CN(c1ccccc1)c1ccccc1. The highest BCUT2D eigenvalue weighted by Gasteiger charge is 2.03. The molecular weight excluding hydrogens is 182 g/mol. The van der Waals surface area contributed by atoms with Crippen molar-refractivity contribution in [2.45, 2.75) is 0 Å². The van der Waals surface area contributed by atoms with Crippen LogP contribution in [0.4, 0.5) is 11.4 Å². The molecule has 0 aromatic heterocycles. The summed E-state index contributed by atoms with van der Waals surface area (Å²) in [5, 5.41) is 0. The van der Waals surface area contributed by atoms with E-state index in [1.54, 1.807) is 0 Å². The van der Waals surface area contributed by atoms with Gasteiger partial charge in [0, 0.05) is 6.04 Å². The van der Waals surface area contributed by atoms with E-state index >= 15 is 0 Å². The second-order valence-electron chi connectivity index (χ2n) is 3.14. The van der Waals surface area contributed by atoms with Gasteiger partial charge in [0.15, 0.2) is 0 Å². The van der Waals surface area contributed by atoms with Crippen LogP contribution in [0.25, 0.3) is 0 Å². The summed E-state index contributed by atoms with van der Waals surface area (Å²) in [7, 11) is 0. The first-order valence-corrected chi connectivity index (χ1v) is 4.78. The lowest BCUT2D eigenvalue weighted by Crippen LogP contribution is -2.07. The van der Waals surface area contributed by atoms with Crippen LogP contribution in [0.1, 0.15) is 0 Å². The van der Waals surface area contributed by atoms with E-state index in [0.717, 1.165) is 11.4 Å². The zero-order valence-electron chi connectivity index (χ0n) is 8.30. The molecule has 2 aromatic carbocycles. The molecular formula is C14H11N.